The van der Waals surface area contributed by atoms with Crippen molar-refractivity contribution in [3.05, 3.63) is 188 Å². The van der Waals surface area contributed by atoms with Gasteiger partial charge in [-0.05, 0) is 81.9 Å². The fourth-order valence-corrected chi connectivity index (χ4v) is 9.78. The van der Waals surface area contributed by atoms with E-state index in [0.717, 1.165) is 17.1 Å². The Morgan fingerprint density at radius 1 is 0.294 bits per heavy atom. The average Bonchev–Trinajstić information content (AvgIpc) is 3.77. The van der Waals surface area contributed by atoms with E-state index < -0.39 is 0 Å². The lowest BCUT2D eigenvalue weighted by Gasteiger charge is -2.26. The summed E-state index contributed by atoms with van der Waals surface area (Å²) in [6.07, 6.45) is 0. The van der Waals surface area contributed by atoms with Crippen molar-refractivity contribution in [3.63, 3.8) is 0 Å². The van der Waals surface area contributed by atoms with E-state index in [4.69, 9.17) is 0 Å². The highest BCUT2D eigenvalue weighted by atomic mass is 32.1. The topological polar surface area (TPSA) is 3.24 Å². The summed E-state index contributed by atoms with van der Waals surface area (Å²) in [7, 11) is 0. The molecule has 0 aliphatic heterocycles. The Morgan fingerprint density at radius 3 is 1.45 bits per heavy atom. The van der Waals surface area contributed by atoms with E-state index >= 15 is 0 Å². The van der Waals surface area contributed by atoms with Crippen LogP contribution in [0.25, 0.3) is 73.7 Å². The first-order chi connectivity index (χ1) is 25.3. The quantitative estimate of drug-likeness (QED) is 0.168. The van der Waals surface area contributed by atoms with Crippen LogP contribution < -0.4 is 4.90 Å². The van der Waals surface area contributed by atoms with Crippen LogP contribution in [-0.4, -0.2) is 0 Å². The molecule has 0 saturated heterocycles. The van der Waals surface area contributed by atoms with Crippen LogP contribution >= 0.6 is 22.7 Å². The highest BCUT2D eigenvalue weighted by Gasteiger charge is 2.17. The average molecular weight is 686 g/mol. The summed E-state index contributed by atoms with van der Waals surface area (Å²) in [5.74, 6) is 0. The molecular weight excluding hydrogens is 655 g/mol. The number of thiophene rings is 2. The lowest BCUT2D eigenvalue weighted by molar-refractivity contribution is 1.29. The van der Waals surface area contributed by atoms with Gasteiger partial charge in [0.15, 0.2) is 0 Å². The van der Waals surface area contributed by atoms with Gasteiger partial charge in [0, 0.05) is 57.4 Å². The van der Waals surface area contributed by atoms with Crippen molar-refractivity contribution in [2.24, 2.45) is 0 Å². The normalized spacial score (nSPS) is 11.5. The van der Waals surface area contributed by atoms with Gasteiger partial charge in [0.1, 0.15) is 0 Å². The Balaban J connectivity index is 1.07. The number of fused-ring (bicyclic) bond motifs is 6. The lowest BCUT2D eigenvalue weighted by atomic mass is 10.0. The van der Waals surface area contributed by atoms with Crippen LogP contribution in [0.15, 0.2) is 188 Å². The number of hydrogen-bond donors (Lipinski definition) is 0. The third-order valence-electron chi connectivity index (χ3n) is 9.90. The van der Waals surface area contributed by atoms with Crippen molar-refractivity contribution in [1.29, 1.82) is 0 Å². The molecule has 10 aromatic rings. The van der Waals surface area contributed by atoms with Gasteiger partial charge in [-0.25, -0.2) is 0 Å². The molecule has 0 N–H and O–H groups in total. The first-order valence-electron chi connectivity index (χ1n) is 17.2. The van der Waals surface area contributed by atoms with Crippen molar-refractivity contribution < 1.29 is 0 Å². The lowest BCUT2D eigenvalue weighted by Crippen LogP contribution is -2.09. The Morgan fingerprint density at radius 2 is 0.784 bits per heavy atom. The summed E-state index contributed by atoms with van der Waals surface area (Å²) in [4.78, 5) is 2.38. The maximum absolute atomic E-state index is 2.39. The monoisotopic (exact) mass is 685 g/mol. The molecule has 0 atom stereocenters. The van der Waals surface area contributed by atoms with E-state index in [1.807, 2.05) is 22.7 Å². The molecule has 0 amide bonds. The number of anilines is 3. The Kier molecular flexibility index (Phi) is 7.26. The van der Waals surface area contributed by atoms with Crippen molar-refractivity contribution in [3.8, 4) is 33.4 Å². The van der Waals surface area contributed by atoms with Crippen molar-refractivity contribution in [2.75, 3.05) is 4.90 Å². The molecule has 0 fully saturated rings. The molecule has 0 aliphatic rings. The molecule has 0 saturated carbocycles. The second-order valence-corrected chi connectivity index (χ2v) is 15.1. The van der Waals surface area contributed by atoms with Gasteiger partial charge in [0.25, 0.3) is 0 Å². The second-order valence-electron chi connectivity index (χ2n) is 12.9. The molecule has 10 rings (SSSR count). The van der Waals surface area contributed by atoms with E-state index in [0.29, 0.717) is 0 Å². The predicted octanol–water partition coefficient (Wildman–Crippen LogP) is 14.9. The Hall–Kier alpha value is -6.00. The minimum absolute atomic E-state index is 1.13. The standard InChI is InChI=1S/C48H31NS2/c1-3-10-32(11-4-1)34-18-23-37(24-19-34)49(38-25-20-35(21-26-38)33-12-5-2-6-13-33)39-27-29-43-42-28-22-36(30-46(42)50-47(43)31-39)40-15-9-16-44-41-14-7-8-17-45(41)51-48(40)44/h1-31H. The fraction of sp³-hybridized carbons (Fsp3) is 0. The molecule has 0 unspecified atom stereocenters. The highest BCUT2D eigenvalue weighted by molar-refractivity contribution is 7.26. The van der Waals surface area contributed by atoms with E-state index in [-0.39, 0.29) is 0 Å². The molecule has 0 aliphatic carbocycles. The van der Waals surface area contributed by atoms with E-state index in [9.17, 15) is 0 Å². The van der Waals surface area contributed by atoms with Crippen molar-refractivity contribution >= 4 is 80.1 Å². The summed E-state index contributed by atoms with van der Waals surface area (Å²) in [5, 5.41) is 5.27. The van der Waals surface area contributed by atoms with Gasteiger partial charge in [-0.1, -0.05) is 140 Å². The summed E-state index contributed by atoms with van der Waals surface area (Å²) in [6.45, 7) is 0. The van der Waals surface area contributed by atoms with Crippen LogP contribution in [0.4, 0.5) is 17.1 Å². The van der Waals surface area contributed by atoms with Gasteiger partial charge >= 0.3 is 0 Å². The van der Waals surface area contributed by atoms with E-state index in [1.54, 1.807) is 0 Å². The van der Waals surface area contributed by atoms with Gasteiger partial charge in [0.2, 0.25) is 0 Å². The molecule has 51 heavy (non-hydrogen) atoms. The molecule has 2 aromatic heterocycles. The minimum Gasteiger partial charge on any atom is -0.310 e. The van der Waals surface area contributed by atoms with Gasteiger partial charge < -0.3 is 4.90 Å². The molecular formula is C48H31NS2. The van der Waals surface area contributed by atoms with Crippen LogP contribution in [0, 0.1) is 0 Å². The summed E-state index contributed by atoms with van der Waals surface area (Å²) >= 11 is 3.77. The molecule has 240 valence electrons. The zero-order valence-electron chi connectivity index (χ0n) is 27.7. The maximum atomic E-state index is 2.39. The van der Waals surface area contributed by atoms with Gasteiger partial charge in [-0.15, -0.1) is 22.7 Å². The number of hydrogen-bond acceptors (Lipinski definition) is 3. The smallest absolute Gasteiger partial charge is 0.0476 e. The molecule has 2 heterocycles. The molecule has 0 radical (unpaired) electrons. The van der Waals surface area contributed by atoms with Crippen LogP contribution in [0.1, 0.15) is 0 Å². The van der Waals surface area contributed by atoms with E-state index in [1.165, 1.54) is 73.7 Å². The highest BCUT2D eigenvalue weighted by Crippen LogP contribution is 2.44. The van der Waals surface area contributed by atoms with Crippen LogP contribution in [0.2, 0.25) is 0 Å². The SMILES string of the molecule is c1ccc(-c2ccc(N(c3ccc(-c4ccccc4)cc3)c3ccc4c(c3)sc3cc(-c5cccc6c5sc5ccccc56)ccc34)cc2)cc1. The van der Waals surface area contributed by atoms with Crippen LogP contribution in [-0.2, 0) is 0 Å². The maximum Gasteiger partial charge on any atom is 0.0476 e. The third kappa shape index (κ3) is 5.30. The largest absolute Gasteiger partial charge is 0.310 e. The van der Waals surface area contributed by atoms with Gasteiger partial charge in [0.05, 0.1) is 0 Å². The van der Waals surface area contributed by atoms with Crippen molar-refractivity contribution in [1.82, 2.24) is 0 Å². The Labute approximate surface area is 304 Å². The first kappa shape index (κ1) is 29.9. The Bertz CT molecular complexity index is 2750. The fourth-order valence-electron chi connectivity index (χ4n) is 7.36. The number of nitrogens with zero attached hydrogens (tertiary/aromatic N) is 1. The summed E-state index contributed by atoms with van der Waals surface area (Å²) in [6, 6.07) is 68.5. The molecule has 8 aromatic carbocycles. The van der Waals surface area contributed by atoms with Crippen molar-refractivity contribution in [2.45, 2.75) is 0 Å². The number of benzene rings is 8. The predicted molar refractivity (Wildman–Crippen MR) is 223 cm³/mol. The first-order valence-corrected chi connectivity index (χ1v) is 18.9. The molecule has 1 nitrogen and oxygen atoms in total. The van der Waals surface area contributed by atoms with E-state index in [2.05, 4.69) is 193 Å². The molecule has 0 bridgehead atoms. The summed E-state index contributed by atoms with van der Waals surface area (Å²) in [5.41, 5.74) is 10.8. The van der Waals surface area contributed by atoms with Crippen LogP contribution in [0.3, 0.4) is 0 Å². The third-order valence-corrected chi connectivity index (χ3v) is 12.2. The zero-order chi connectivity index (χ0) is 33.7. The van der Waals surface area contributed by atoms with Gasteiger partial charge in [-0.2, -0.15) is 0 Å². The molecule has 0 spiro atoms. The van der Waals surface area contributed by atoms with Crippen LogP contribution in [0.5, 0.6) is 0 Å². The molecule has 3 heteroatoms. The minimum atomic E-state index is 1.13. The van der Waals surface area contributed by atoms with Gasteiger partial charge in [-0.3, -0.25) is 0 Å². The second kappa shape index (κ2) is 12.4. The number of rotatable bonds is 6. The summed E-state index contributed by atoms with van der Waals surface area (Å²) < 4.78 is 5.29. The zero-order valence-corrected chi connectivity index (χ0v) is 29.3.